The summed E-state index contributed by atoms with van der Waals surface area (Å²) in [6.07, 6.45) is -5.77. The molecule has 0 fully saturated rings. The van der Waals surface area contributed by atoms with Crippen LogP contribution in [0.2, 0.25) is 0 Å². The zero-order valence-electron chi connectivity index (χ0n) is 11.0. The fourth-order valence-electron chi connectivity index (χ4n) is 1.47. The van der Waals surface area contributed by atoms with Gasteiger partial charge in [0.1, 0.15) is 0 Å². The van der Waals surface area contributed by atoms with Crippen molar-refractivity contribution in [1.29, 1.82) is 0 Å². The van der Waals surface area contributed by atoms with Crippen molar-refractivity contribution in [3.05, 3.63) is 0 Å². The number of urea groups is 1. The molecule has 0 spiro atoms. The van der Waals surface area contributed by atoms with Gasteiger partial charge in [0.2, 0.25) is 0 Å². The van der Waals surface area contributed by atoms with Crippen molar-refractivity contribution in [3.8, 4) is 0 Å². The van der Waals surface area contributed by atoms with E-state index < -0.39 is 36.7 Å². The number of carboxylic acids is 1. The second-order valence-corrected chi connectivity index (χ2v) is 4.79. The van der Waals surface area contributed by atoms with Crippen LogP contribution < -0.4 is 10.6 Å². The maximum atomic E-state index is 12.1. The summed E-state index contributed by atoms with van der Waals surface area (Å²) in [5.74, 6) is -1.22. The molecule has 0 aromatic rings. The van der Waals surface area contributed by atoms with Crippen LogP contribution in [-0.2, 0) is 4.79 Å². The number of rotatable bonds is 6. The van der Waals surface area contributed by atoms with E-state index in [0.29, 0.717) is 0 Å². The molecule has 0 aliphatic rings. The van der Waals surface area contributed by atoms with Gasteiger partial charge in [0, 0.05) is 12.1 Å². The van der Waals surface area contributed by atoms with E-state index in [-0.39, 0.29) is 12.3 Å². The molecule has 0 aromatic carbocycles. The van der Waals surface area contributed by atoms with Crippen LogP contribution in [0.1, 0.15) is 33.6 Å². The van der Waals surface area contributed by atoms with E-state index in [1.165, 1.54) is 6.92 Å². The van der Waals surface area contributed by atoms with Crippen molar-refractivity contribution in [3.63, 3.8) is 0 Å². The van der Waals surface area contributed by atoms with E-state index in [1.807, 2.05) is 0 Å². The number of carbonyl (C=O) groups excluding carboxylic acids is 1. The number of carboxylic acid groups (broad SMARTS) is 1. The molecule has 0 saturated carbocycles. The number of alkyl halides is 3. The molecule has 0 radical (unpaired) electrons. The molecule has 8 heteroatoms. The van der Waals surface area contributed by atoms with Crippen molar-refractivity contribution in [2.75, 3.05) is 0 Å². The van der Waals surface area contributed by atoms with Gasteiger partial charge in [-0.1, -0.05) is 13.8 Å². The number of amides is 2. The molecule has 112 valence electrons. The Morgan fingerprint density at radius 3 is 2.05 bits per heavy atom. The van der Waals surface area contributed by atoms with Crippen LogP contribution >= 0.6 is 0 Å². The SMILES string of the molecule is CC(CC(F)(F)F)NC(=O)NC(CC(=O)O)C(C)C. The van der Waals surface area contributed by atoms with Gasteiger partial charge in [-0.2, -0.15) is 13.2 Å². The summed E-state index contributed by atoms with van der Waals surface area (Å²) in [4.78, 5) is 22.0. The first-order valence-corrected chi connectivity index (χ1v) is 5.87. The highest BCUT2D eigenvalue weighted by atomic mass is 19.4. The topological polar surface area (TPSA) is 78.4 Å². The van der Waals surface area contributed by atoms with E-state index in [2.05, 4.69) is 10.6 Å². The Morgan fingerprint density at radius 2 is 1.68 bits per heavy atom. The molecular weight excluding hydrogens is 265 g/mol. The quantitative estimate of drug-likeness (QED) is 0.699. The number of nitrogens with one attached hydrogen (secondary N) is 2. The molecule has 0 heterocycles. The van der Waals surface area contributed by atoms with Crippen molar-refractivity contribution >= 4 is 12.0 Å². The van der Waals surface area contributed by atoms with Gasteiger partial charge in [-0.15, -0.1) is 0 Å². The molecular formula is C11H19F3N2O3. The number of aliphatic carboxylic acids is 1. The van der Waals surface area contributed by atoms with Crippen LogP contribution in [0.5, 0.6) is 0 Å². The minimum absolute atomic E-state index is 0.139. The largest absolute Gasteiger partial charge is 0.481 e. The van der Waals surface area contributed by atoms with Gasteiger partial charge in [-0.3, -0.25) is 4.79 Å². The van der Waals surface area contributed by atoms with E-state index >= 15 is 0 Å². The Hall–Kier alpha value is -1.47. The van der Waals surface area contributed by atoms with Crippen LogP contribution in [0.3, 0.4) is 0 Å². The molecule has 2 amide bonds. The fourth-order valence-corrected chi connectivity index (χ4v) is 1.47. The minimum Gasteiger partial charge on any atom is -0.481 e. The Kier molecular flexibility index (Phi) is 6.64. The van der Waals surface area contributed by atoms with Crippen molar-refractivity contribution in [2.45, 2.75) is 51.9 Å². The smallest absolute Gasteiger partial charge is 0.391 e. The van der Waals surface area contributed by atoms with Gasteiger partial charge < -0.3 is 15.7 Å². The first kappa shape index (κ1) is 17.5. The Bertz CT molecular complexity index is 319. The van der Waals surface area contributed by atoms with Gasteiger partial charge in [0.05, 0.1) is 12.8 Å². The molecule has 0 aromatic heterocycles. The third-order valence-corrected chi connectivity index (χ3v) is 2.43. The monoisotopic (exact) mass is 284 g/mol. The predicted octanol–water partition coefficient (Wildman–Crippen LogP) is 2.13. The Morgan fingerprint density at radius 1 is 1.16 bits per heavy atom. The van der Waals surface area contributed by atoms with E-state index in [4.69, 9.17) is 5.11 Å². The third kappa shape index (κ3) is 9.15. The molecule has 5 nitrogen and oxygen atoms in total. The summed E-state index contributed by atoms with van der Waals surface area (Å²) in [5, 5.41) is 13.2. The van der Waals surface area contributed by atoms with Crippen LogP contribution in [0.15, 0.2) is 0 Å². The lowest BCUT2D eigenvalue weighted by Gasteiger charge is -2.23. The maximum absolute atomic E-state index is 12.1. The third-order valence-electron chi connectivity index (χ3n) is 2.43. The predicted molar refractivity (Wildman–Crippen MR) is 62.7 cm³/mol. The highest BCUT2D eigenvalue weighted by Gasteiger charge is 2.31. The standard InChI is InChI=1S/C11H19F3N2O3/c1-6(2)8(4-9(17)18)16-10(19)15-7(3)5-11(12,13)14/h6-8H,4-5H2,1-3H3,(H,17,18)(H2,15,16,19). The van der Waals surface area contributed by atoms with Gasteiger partial charge in [-0.05, 0) is 12.8 Å². The lowest BCUT2D eigenvalue weighted by molar-refractivity contribution is -0.138. The molecule has 2 atom stereocenters. The second kappa shape index (κ2) is 7.20. The van der Waals surface area contributed by atoms with Crippen LogP contribution in [0, 0.1) is 5.92 Å². The van der Waals surface area contributed by atoms with Crippen molar-refractivity contribution < 1.29 is 27.9 Å². The lowest BCUT2D eigenvalue weighted by atomic mass is 10.0. The highest BCUT2D eigenvalue weighted by molar-refractivity contribution is 5.76. The Labute approximate surface area is 109 Å². The van der Waals surface area contributed by atoms with Gasteiger partial charge in [0.25, 0.3) is 0 Å². The van der Waals surface area contributed by atoms with Crippen molar-refractivity contribution in [1.82, 2.24) is 10.6 Å². The van der Waals surface area contributed by atoms with Gasteiger partial charge in [-0.25, -0.2) is 4.79 Å². The van der Waals surface area contributed by atoms with Crippen LogP contribution in [0.4, 0.5) is 18.0 Å². The molecule has 2 unspecified atom stereocenters. The molecule has 0 saturated heterocycles. The van der Waals surface area contributed by atoms with E-state index in [0.717, 1.165) is 0 Å². The highest BCUT2D eigenvalue weighted by Crippen LogP contribution is 2.21. The average Bonchev–Trinajstić information content (AvgIpc) is 2.11. The minimum atomic E-state index is -4.36. The zero-order valence-corrected chi connectivity index (χ0v) is 11.0. The number of carbonyl (C=O) groups is 2. The Balaban J connectivity index is 4.30. The van der Waals surface area contributed by atoms with E-state index in [1.54, 1.807) is 13.8 Å². The maximum Gasteiger partial charge on any atom is 0.391 e. The van der Waals surface area contributed by atoms with E-state index in [9.17, 15) is 22.8 Å². The lowest BCUT2D eigenvalue weighted by Crippen LogP contribution is -2.48. The first-order valence-electron chi connectivity index (χ1n) is 5.87. The fraction of sp³-hybridized carbons (Fsp3) is 0.818. The first-order chi connectivity index (χ1) is 8.51. The van der Waals surface area contributed by atoms with Gasteiger partial charge >= 0.3 is 18.2 Å². The normalized spacial score (nSPS) is 14.9. The summed E-state index contributed by atoms with van der Waals surface area (Å²) in [5.41, 5.74) is 0. The number of hydrogen-bond donors (Lipinski definition) is 3. The summed E-state index contributed by atoms with van der Waals surface area (Å²) in [7, 11) is 0. The number of halogens is 3. The van der Waals surface area contributed by atoms with Crippen LogP contribution in [-0.4, -0.2) is 35.4 Å². The molecule has 0 aliphatic carbocycles. The molecule has 0 aliphatic heterocycles. The summed E-state index contributed by atoms with van der Waals surface area (Å²) >= 11 is 0. The molecule has 19 heavy (non-hydrogen) atoms. The molecule has 0 rings (SSSR count). The molecule has 0 bridgehead atoms. The second-order valence-electron chi connectivity index (χ2n) is 4.79. The zero-order chi connectivity index (χ0) is 15.2. The van der Waals surface area contributed by atoms with Crippen LogP contribution in [0.25, 0.3) is 0 Å². The van der Waals surface area contributed by atoms with Crippen molar-refractivity contribution in [2.24, 2.45) is 5.92 Å². The summed E-state index contributed by atoms with van der Waals surface area (Å²) < 4.78 is 36.2. The number of hydrogen-bond acceptors (Lipinski definition) is 2. The average molecular weight is 284 g/mol. The summed E-state index contributed by atoms with van der Waals surface area (Å²) in [6.45, 7) is 4.66. The van der Waals surface area contributed by atoms with Gasteiger partial charge in [0.15, 0.2) is 0 Å². The summed E-state index contributed by atoms with van der Waals surface area (Å²) in [6, 6.07) is -2.50. The molecule has 3 N–H and O–H groups in total.